The third-order valence-corrected chi connectivity index (χ3v) is 5.94. The minimum Gasteiger partial charge on any atom is -0.395 e. The van der Waals surface area contributed by atoms with Crippen molar-refractivity contribution in [3.8, 4) is 0 Å². The molecule has 8 heteroatoms. The summed E-state index contributed by atoms with van der Waals surface area (Å²) in [6, 6.07) is 9.10. The maximum atomic E-state index is 13.5. The van der Waals surface area contributed by atoms with Crippen LogP contribution in [0.4, 0.5) is 8.78 Å². The fraction of sp³-hybridized carbons (Fsp3) is 0.300. The van der Waals surface area contributed by atoms with Gasteiger partial charge in [-0.3, -0.25) is 4.79 Å². The Bertz CT molecular complexity index is 907. The number of rotatable bonds is 5. The van der Waals surface area contributed by atoms with Crippen molar-refractivity contribution in [2.24, 2.45) is 0 Å². The molecule has 2 aromatic rings. The highest BCUT2D eigenvalue weighted by atomic mass is 32.2. The van der Waals surface area contributed by atoms with Crippen LogP contribution in [0.2, 0.25) is 0 Å². The second-order valence-electron chi connectivity index (χ2n) is 6.87. The van der Waals surface area contributed by atoms with Crippen molar-refractivity contribution in [2.75, 3.05) is 32.8 Å². The van der Waals surface area contributed by atoms with Crippen molar-refractivity contribution in [1.29, 1.82) is 0 Å². The van der Waals surface area contributed by atoms with Gasteiger partial charge >= 0.3 is 0 Å². The molecule has 0 aliphatic carbocycles. The number of likely N-dealkylation sites (tertiary alicyclic amines) is 1. The number of carbonyl (C=O) groups excluding carboxylic acids is 1. The molecule has 1 unspecified atom stereocenters. The first kappa shape index (κ1) is 19.0. The Labute approximate surface area is 165 Å². The zero-order valence-corrected chi connectivity index (χ0v) is 15.8. The molecule has 0 saturated carbocycles. The highest BCUT2D eigenvalue weighted by Crippen LogP contribution is 2.33. The largest absolute Gasteiger partial charge is 0.395 e. The zero-order valence-electron chi connectivity index (χ0n) is 15.0. The Morgan fingerprint density at radius 2 is 1.86 bits per heavy atom. The average molecular weight is 403 g/mol. The van der Waals surface area contributed by atoms with Gasteiger partial charge in [-0.05, 0) is 52.9 Å². The predicted octanol–water partition coefficient (Wildman–Crippen LogP) is 2.60. The molecule has 2 saturated heterocycles. The second kappa shape index (κ2) is 7.98. The number of benzene rings is 1. The Morgan fingerprint density at radius 1 is 1.11 bits per heavy atom. The lowest BCUT2D eigenvalue weighted by Crippen LogP contribution is -2.50. The number of aliphatic hydroxyl groups excluding tert-OH is 1. The summed E-state index contributed by atoms with van der Waals surface area (Å²) in [7, 11) is 0. The van der Waals surface area contributed by atoms with Gasteiger partial charge in [0.25, 0.3) is 0 Å². The van der Waals surface area contributed by atoms with Crippen molar-refractivity contribution >= 4 is 17.9 Å². The lowest BCUT2D eigenvalue weighted by Gasteiger charge is -2.42. The molecule has 0 bridgehead atoms. The first-order valence-corrected chi connectivity index (χ1v) is 9.71. The smallest absolute Gasteiger partial charge is 0.233 e. The van der Waals surface area contributed by atoms with Crippen LogP contribution in [0.25, 0.3) is 0 Å². The maximum Gasteiger partial charge on any atom is 0.233 e. The van der Waals surface area contributed by atoms with E-state index >= 15 is 0 Å². The van der Waals surface area contributed by atoms with E-state index in [-0.39, 0.29) is 11.5 Å². The van der Waals surface area contributed by atoms with Gasteiger partial charge in [-0.15, -0.1) is 0 Å². The summed E-state index contributed by atoms with van der Waals surface area (Å²) in [5.74, 6) is -3.13. The van der Waals surface area contributed by atoms with E-state index in [0.29, 0.717) is 13.1 Å². The van der Waals surface area contributed by atoms with Gasteiger partial charge in [0.15, 0.2) is 11.6 Å². The number of hydrogen-bond donors (Lipinski definition) is 1. The molecule has 2 fully saturated rings. The molecule has 4 rings (SSSR count). The third-order valence-electron chi connectivity index (χ3n) is 5.00. The predicted molar refractivity (Wildman–Crippen MR) is 101 cm³/mol. The Hall–Kier alpha value is -2.29. The molecule has 2 aliphatic rings. The number of carbonyl (C=O) groups is 1. The minimum absolute atomic E-state index is 0.267. The third kappa shape index (κ3) is 3.80. The van der Waals surface area contributed by atoms with E-state index < -0.39 is 24.2 Å². The number of hydrogen-bond acceptors (Lipinski definition) is 5. The normalized spacial score (nSPS) is 17.9. The van der Waals surface area contributed by atoms with Crippen LogP contribution in [-0.2, 0) is 4.79 Å². The van der Waals surface area contributed by atoms with E-state index in [1.807, 2.05) is 18.2 Å². The van der Waals surface area contributed by atoms with Crippen LogP contribution in [0, 0.1) is 11.6 Å². The molecule has 1 atom stereocenters. The van der Waals surface area contributed by atoms with Crippen molar-refractivity contribution in [3.05, 3.63) is 70.9 Å². The van der Waals surface area contributed by atoms with Crippen molar-refractivity contribution < 1.29 is 18.7 Å². The minimum atomic E-state index is -1.02. The quantitative estimate of drug-likeness (QED) is 0.614. The Kier molecular flexibility index (Phi) is 5.43. The highest BCUT2D eigenvalue weighted by Gasteiger charge is 2.35. The van der Waals surface area contributed by atoms with E-state index in [0.717, 1.165) is 30.2 Å². The van der Waals surface area contributed by atoms with Crippen molar-refractivity contribution in [2.45, 2.75) is 10.9 Å². The zero-order chi connectivity index (χ0) is 19.7. The second-order valence-corrected chi connectivity index (χ2v) is 7.98. The van der Waals surface area contributed by atoms with Crippen LogP contribution in [0.5, 0.6) is 0 Å². The lowest BCUT2D eigenvalue weighted by molar-refractivity contribution is -0.135. The van der Waals surface area contributed by atoms with Gasteiger partial charge in [0.05, 0.1) is 12.5 Å². The van der Waals surface area contributed by atoms with Crippen LogP contribution >= 0.6 is 11.9 Å². The summed E-state index contributed by atoms with van der Waals surface area (Å²) in [4.78, 5) is 18.6. The molecular weight excluding hydrogens is 384 g/mol. The molecular formula is C20H19F2N3O2S. The molecule has 28 heavy (non-hydrogen) atoms. The number of amides is 1. The summed E-state index contributed by atoms with van der Waals surface area (Å²) in [6.07, 6.45) is 1.77. The lowest BCUT2D eigenvalue weighted by atomic mass is 9.92. The van der Waals surface area contributed by atoms with Gasteiger partial charge in [0, 0.05) is 32.4 Å². The summed E-state index contributed by atoms with van der Waals surface area (Å²) < 4.78 is 28.8. The first-order valence-electron chi connectivity index (χ1n) is 8.93. The van der Waals surface area contributed by atoms with E-state index in [2.05, 4.69) is 9.29 Å². The number of halogens is 2. The van der Waals surface area contributed by atoms with Crippen LogP contribution in [-0.4, -0.2) is 58.0 Å². The summed E-state index contributed by atoms with van der Waals surface area (Å²) >= 11 is 1.61. The van der Waals surface area contributed by atoms with Crippen LogP contribution < -0.4 is 0 Å². The molecule has 146 valence electrons. The number of nitrogens with zero attached hydrogens (tertiary/aromatic N) is 3. The van der Waals surface area contributed by atoms with Crippen molar-refractivity contribution in [1.82, 2.24) is 14.2 Å². The van der Waals surface area contributed by atoms with Gasteiger partial charge in [0.2, 0.25) is 5.91 Å². The molecule has 1 aromatic carbocycles. The summed E-state index contributed by atoms with van der Waals surface area (Å²) in [5, 5.41) is 10.5. The fourth-order valence-corrected chi connectivity index (χ4v) is 4.22. The van der Waals surface area contributed by atoms with Gasteiger partial charge in [-0.2, -0.15) is 0 Å². The van der Waals surface area contributed by atoms with E-state index in [1.165, 1.54) is 17.2 Å². The fourth-order valence-electron chi connectivity index (χ4n) is 3.27. The molecule has 1 amide bonds. The SMILES string of the molecule is O=C(C(CO)c1ccc(F)c(F)c1)N1CC(=C2CN(Sc3ccccn3)C2)C1. The summed E-state index contributed by atoms with van der Waals surface area (Å²) in [5.41, 5.74) is 2.84. The van der Waals surface area contributed by atoms with Gasteiger partial charge < -0.3 is 10.0 Å². The first-order chi connectivity index (χ1) is 13.5. The molecule has 1 N–H and O–H groups in total. The number of aromatic nitrogens is 1. The van der Waals surface area contributed by atoms with Gasteiger partial charge in [0.1, 0.15) is 5.03 Å². The highest BCUT2D eigenvalue weighted by molar-refractivity contribution is 7.97. The van der Waals surface area contributed by atoms with E-state index in [4.69, 9.17) is 0 Å². The maximum absolute atomic E-state index is 13.5. The number of pyridine rings is 1. The van der Waals surface area contributed by atoms with Crippen molar-refractivity contribution in [3.63, 3.8) is 0 Å². The molecule has 3 heterocycles. The van der Waals surface area contributed by atoms with E-state index in [9.17, 15) is 18.7 Å². The Morgan fingerprint density at radius 3 is 2.50 bits per heavy atom. The average Bonchev–Trinajstić information content (AvgIpc) is 2.62. The van der Waals surface area contributed by atoms with Gasteiger partial charge in [-0.25, -0.2) is 18.1 Å². The topological polar surface area (TPSA) is 56.7 Å². The Balaban J connectivity index is 1.32. The molecule has 5 nitrogen and oxygen atoms in total. The molecule has 1 aromatic heterocycles. The molecule has 0 spiro atoms. The number of aliphatic hydroxyl groups is 1. The molecule has 0 radical (unpaired) electrons. The van der Waals surface area contributed by atoms with Crippen LogP contribution in [0.15, 0.2) is 58.8 Å². The van der Waals surface area contributed by atoms with E-state index in [1.54, 1.807) is 23.0 Å². The molecule has 2 aliphatic heterocycles. The van der Waals surface area contributed by atoms with Crippen LogP contribution in [0.1, 0.15) is 11.5 Å². The summed E-state index contributed by atoms with van der Waals surface area (Å²) in [6.45, 7) is 2.28. The monoisotopic (exact) mass is 403 g/mol. The van der Waals surface area contributed by atoms with Crippen LogP contribution in [0.3, 0.4) is 0 Å². The van der Waals surface area contributed by atoms with Gasteiger partial charge in [-0.1, -0.05) is 12.1 Å². The standard InChI is InChI=1S/C20H19F2N3O2S/c21-17-5-4-13(7-18(17)22)16(12-26)20(27)24-8-14(9-24)15-10-25(11-15)28-19-3-1-2-6-23-19/h1-7,16,26H,8-12H2.